The van der Waals surface area contributed by atoms with Crippen molar-refractivity contribution in [3.05, 3.63) is 48.0 Å². The second-order valence-corrected chi connectivity index (χ2v) is 13.6. The van der Waals surface area contributed by atoms with Crippen LogP contribution in [-0.4, -0.2) is 74.4 Å². The summed E-state index contributed by atoms with van der Waals surface area (Å²) in [5.74, 6) is 0.965. The molecule has 0 atom stereocenters. The molecule has 40 heavy (non-hydrogen) atoms. The van der Waals surface area contributed by atoms with Crippen LogP contribution in [0.5, 0.6) is 5.75 Å². The van der Waals surface area contributed by atoms with Crippen molar-refractivity contribution in [3.63, 3.8) is 0 Å². The summed E-state index contributed by atoms with van der Waals surface area (Å²) in [6, 6.07) is 12.1. The van der Waals surface area contributed by atoms with Crippen LogP contribution in [-0.2, 0) is 10.0 Å². The van der Waals surface area contributed by atoms with E-state index < -0.39 is 10.0 Å². The van der Waals surface area contributed by atoms with Gasteiger partial charge >= 0.3 is 0 Å². The quantitative estimate of drug-likeness (QED) is 0.217. The van der Waals surface area contributed by atoms with Crippen LogP contribution in [0.4, 0.5) is 5.13 Å². The third kappa shape index (κ3) is 8.02. The summed E-state index contributed by atoms with van der Waals surface area (Å²) < 4.78 is 35.1. The second-order valence-electron chi connectivity index (χ2n) is 10.7. The Morgan fingerprint density at radius 2 is 1.55 bits per heavy atom. The molecule has 0 aliphatic heterocycles. The molecule has 0 unspecified atom stereocenters. The number of hydrogen-bond acceptors (Lipinski definition) is 7. The van der Waals surface area contributed by atoms with Gasteiger partial charge in [0.05, 0.1) is 21.7 Å². The van der Waals surface area contributed by atoms with Gasteiger partial charge in [0.15, 0.2) is 5.13 Å². The smallest absolute Gasteiger partial charge is 0.260 e. The summed E-state index contributed by atoms with van der Waals surface area (Å²) in [6.07, 6.45) is 0. The van der Waals surface area contributed by atoms with E-state index in [4.69, 9.17) is 9.72 Å². The summed E-state index contributed by atoms with van der Waals surface area (Å²) in [5.41, 5.74) is 1.23. The number of ether oxygens (including phenoxy) is 1. The van der Waals surface area contributed by atoms with Gasteiger partial charge in [0, 0.05) is 31.7 Å². The summed E-state index contributed by atoms with van der Waals surface area (Å²) in [7, 11) is -3.68. The fraction of sp³-hybridized carbons (Fsp3) is 0.533. The highest BCUT2D eigenvalue weighted by molar-refractivity contribution is 7.89. The molecular weight excluding hydrogens is 544 g/mol. The lowest BCUT2D eigenvalue weighted by molar-refractivity contribution is 0.0983. The van der Waals surface area contributed by atoms with E-state index in [1.807, 2.05) is 52.8 Å². The molecule has 0 aliphatic carbocycles. The average Bonchev–Trinajstić information content (AvgIpc) is 3.33. The lowest BCUT2D eigenvalue weighted by Crippen LogP contribution is -2.39. The predicted octanol–water partition coefficient (Wildman–Crippen LogP) is 5.99. The molecule has 0 bridgehead atoms. The molecule has 1 heterocycles. The fourth-order valence-electron chi connectivity index (χ4n) is 4.49. The van der Waals surface area contributed by atoms with Gasteiger partial charge in [-0.25, -0.2) is 13.4 Å². The SMILES string of the molecule is CCOc1ccc2nc(N(CCN(CC)CC)C(=O)c3ccc(S(=O)(=O)N(CC(C)C)CC(C)C)cc3)sc2c1. The van der Waals surface area contributed by atoms with E-state index in [0.29, 0.717) is 43.5 Å². The highest BCUT2D eigenvalue weighted by Crippen LogP contribution is 2.32. The van der Waals surface area contributed by atoms with Gasteiger partial charge in [0.2, 0.25) is 10.0 Å². The van der Waals surface area contributed by atoms with E-state index in [0.717, 1.165) is 29.1 Å². The zero-order chi connectivity index (χ0) is 29.4. The summed E-state index contributed by atoms with van der Waals surface area (Å²) >= 11 is 1.45. The van der Waals surface area contributed by atoms with Crippen LogP contribution in [0.2, 0.25) is 0 Å². The van der Waals surface area contributed by atoms with Crippen LogP contribution in [0.15, 0.2) is 47.4 Å². The van der Waals surface area contributed by atoms with E-state index in [-0.39, 0.29) is 22.6 Å². The van der Waals surface area contributed by atoms with E-state index in [1.165, 1.54) is 11.3 Å². The Morgan fingerprint density at radius 3 is 2.10 bits per heavy atom. The molecule has 0 N–H and O–H groups in total. The first-order chi connectivity index (χ1) is 19.0. The van der Waals surface area contributed by atoms with E-state index in [2.05, 4.69) is 18.7 Å². The van der Waals surface area contributed by atoms with E-state index in [1.54, 1.807) is 33.5 Å². The van der Waals surface area contributed by atoms with Crippen LogP contribution >= 0.6 is 11.3 Å². The van der Waals surface area contributed by atoms with Gasteiger partial charge in [-0.3, -0.25) is 9.69 Å². The zero-order valence-electron chi connectivity index (χ0n) is 24.9. The molecule has 0 radical (unpaired) electrons. The minimum atomic E-state index is -3.68. The van der Waals surface area contributed by atoms with Crippen LogP contribution in [0.1, 0.15) is 58.8 Å². The molecule has 10 heteroatoms. The Hall–Kier alpha value is -2.53. The second kappa shape index (κ2) is 14.4. The fourth-order valence-corrected chi connectivity index (χ4v) is 7.28. The topological polar surface area (TPSA) is 83.0 Å². The minimum absolute atomic E-state index is 0.198. The largest absolute Gasteiger partial charge is 0.494 e. The first-order valence-electron chi connectivity index (χ1n) is 14.2. The maximum absolute atomic E-state index is 13.9. The molecule has 0 aliphatic rings. The number of anilines is 1. The molecule has 1 aromatic heterocycles. The number of amides is 1. The van der Waals surface area contributed by atoms with Gasteiger partial charge in [0.25, 0.3) is 5.91 Å². The highest BCUT2D eigenvalue weighted by Gasteiger charge is 2.27. The maximum Gasteiger partial charge on any atom is 0.260 e. The van der Waals surface area contributed by atoms with Gasteiger partial charge in [-0.2, -0.15) is 4.31 Å². The standard InChI is InChI=1S/C30H44N4O4S2/c1-8-32(9-2)17-18-34(30-31-27-16-13-25(38-10-3)19-28(27)39-30)29(35)24-11-14-26(15-12-24)40(36,37)33(20-22(4)5)21-23(6)7/h11-16,19,22-23H,8-10,17-18,20-21H2,1-7H3. The third-order valence-electron chi connectivity index (χ3n) is 6.55. The maximum atomic E-state index is 13.9. The van der Waals surface area contributed by atoms with Gasteiger partial charge < -0.3 is 9.64 Å². The number of fused-ring (bicyclic) bond motifs is 1. The van der Waals surface area contributed by atoms with Crippen LogP contribution < -0.4 is 9.64 Å². The highest BCUT2D eigenvalue weighted by atomic mass is 32.2. The van der Waals surface area contributed by atoms with Crippen molar-refractivity contribution in [2.75, 3.05) is 50.8 Å². The Bertz CT molecular complexity index is 1340. The number of sulfonamides is 1. The summed E-state index contributed by atoms with van der Waals surface area (Å²) in [6.45, 7) is 18.6. The molecule has 220 valence electrons. The molecule has 8 nitrogen and oxygen atoms in total. The van der Waals surface area contributed by atoms with Gasteiger partial charge in [-0.1, -0.05) is 52.9 Å². The van der Waals surface area contributed by atoms with Crippen LogP contribution in [0, 0.1) is 11.8 Å². The first-order valence-corrected chi connectivity index (χ1v) is 16.4. The number of aromatic nitrogens is 1. The van der Waals surface area contributed by atoms with Crippen molar-refractivity contribution in [1.82, 2.24) is 14.2 Å². The molecule has 3 rings (SSSR count). The van der Waals surface area contributed by atoms with Crippen molar-refractivity contribution in [2.45, 2.75) is 53.4 Å². The number of hydrogen-bond donors (Lipinski definition) is 0. The van der Waals surface area contributed by atoms with Crippen molar-refractivity contribution in [1.29, 1.82) is 0 Å². The molecular formula is C30H44N4O4S2. The number of likely N-dealkylation sites (N-methyl/N-ethyl adjacent to an activating group) is 1. The number of carbonyl (C=O) groups excluding carboxylic acids is 1. The van der Waals surface area contributed by atoms with Crippen molar-refractivity contribution in [2.24, 2.45) is 11.8 Å². The Kier molecular flexibility index (Phi) is 11.5. The molecule has 0 saturated carbocycles. The van der Waals surface area contributed by atoms with E-state index in [9.17, 15) is 13.2 Å². The average molecular weight is 589 g/mol. The summed E-state index contributed by atoms with van der Waals surface area (Å²) in [5, 5.41) is 0.609. The molecule has 1 amide bonds. The molecule has 0 spiro atoms. The van der Waals surface area contributed by atoms with Crippen LogP contribution in [0.25, 0.3) is 10.2 Å². The third-order valence-corrected chi connectivity index (χ3v) is 9.43. The number of benzene rings is 2. The Morgan fingerprint density at radius 1 is 0.925 bits per heavy atom. The molecule has 3 aromatic rings. The number of nitrogens with zero attached hydrogens (tertiary/aromatic N) is 4. The number of rotatable bonds is 15. The monoisotopic (exact) mass is 588 g/mol. The van der Waals surface area contributed by atoms with Crippen molar-refractivity contribution >= 4 is 42.6 Å². The van der Waals surface area contributed by atoms with Crippen molar-refractivity contribution < 1.29 is 17.9 Å². The zero-order valence-corrected chi connectivity index (χ0v) is 26.5. The molecule has 0 saturated heterocycles. The number of carbonyl (C=O) groups is 1. The number of thiazole rings is 1. The normalized spacial score (nSPS) is 12.3. The predicted molar refractivity (Wildman–Crippen MR) is 165 cm³/mol. The van der Waals surface area contributed by atoms with Gasteiger partial charge in [-0.05, 0) is 74.3 Å². The Balaban J connectivity index is 1.93. The lowest BCUT2D eigenvalue weighted by Gasteiger charge is -2.26. The minimum Gasteiger partial charge on any atom is -0.494 e. The molecule has 2 aromatic carbocycles. The van der Waals surface area contributed by atoms with Gasteiger partial charge in [-0.15, -0.1) is 0 Å². The van der Waals surface area contributed by atoms with Gasteiger partial charge in [0.1, 0.15) is 5.75 Å². The van der Waals surface area contributed by atoms with E-state index >= 15 is 0 Å². The molecule has 0 fully saturated rings. The summed E-state index contributed by atoms with van der Waals surface area (Å²) in [4.78, 5) is 22.8. The lowest BCUT2D eigenvalue weighted by atomic mass is 10.2. The van der Waals surface area contributed by atoms with Crippen LogP contribution in [0.3, 0.4) is 0 Å². The Labute approximate surface area is 244 Å². The first kappa shape index (κ1) is 32.0. The van der Waals surface area contributed by atoms with Crippen molar-refractivity contribution in [3.8, 4) is 5.75 Å².